The van der Waals surface area contributed by atoms with Gasteiger partial charge < -0.3 is 5.11 Å². The Morgan fingerprint density at radius 2 is 1.75 bits per heavy atom. The first kappa shape index (κ1) is 13.1. The largest absolute Gasteiger partial charge is 0.508 e. The van der Waals surface area contributed by atoms with Gasteiger partial charge in [-0.25, -0.2) is 8.42 Å². The minimum atomic E-state index is -3.52. The summed E-state index contributed by atoms with van der Waals surface area (Å²) in [4.78, 5) is 0.287. The molecule has 1 aliphatic heterocycles. The van der Waals surface area contributed by atoms with Crippen LogP contribution in [0.4, 0.5) is 0 Å². The van der Waals surface area contributed by atoms with Gasteiger partial charge in [0.1, 0.15) is 5.75 Å². The van der Waals surface area contributed by atoms with Crippen LogP contribution < -0.4 is 0 Å². The summed E-state index contributed by atoms with van der Waals surface area (Å²) in [7, 11) is -3.52. The summed E-state index contributed by atoms with van der Waals surface area (Å²) in [5.74, 6) is 0.157. The van der Waals surface area contributed by atoms with E-state index in [0.29, 0.717) is 12.1 Å². The summed E-state index contributed by atoms with van der Waals surface area (Å²) in [5.41, 5.74) is 2.58. The lowest BCUT2D eigenvalue weighted by atomic mass is 10.1. The Morgan fingerprint density at radius 3 is 2.40 bits per heavy atom. The predicted molar refractivity (Wildman–Crippen MR) is 75.7 cm³/mol. The van der Waals surface area contributed by atoms with Gasteiger partial charge in [-0.15, -0.1) is 0 Å². The monoisotopic (exact) mass is 289 g/mol. The summed E-state index contributed by atoms with van der Waals surface area (Å²) in [6, 6.07) is 12.0. The van der Waals surface area contributed by atoms with Gasteiger partial charge >= 0.3 is 0 Å². The van der Waals surface area contributed by atoms with Crippen LogP contribution in [0.15, 0.2) is 47.4 Å². The molecule has 0 atom stereocenters. The van der Waals surface area contributed by atoms with Crippen LogP contribution in [0, 0.1) is 6.92 Å². The number of sulfonamides is 1. The molecular weight excluding hydrogens is 274 g/mol. The average Bonchev–Trinajstić information content (AvgIpc) is 2.85. The van der Waals surface area contributed by atoms with Crippen LogP contribution in [0.3, 0.4) is 0 Å². The highest BCUT2D eigenvalue weighted by molar-refractivity contribution is 7.89. The number of fused-ring (bicyclic) bond motifs is 1. The molecule has 3 rings (SSSR count). The van der Waals surface area contributed by atoms with E-state index in [9.17, 15) is 13.5 Å². The molecule has 0 aromatic heterocycles. The summed E-state index contributed by atoms with van der Waals surface area (Å²) >= 11 is 0. The third-order valence-electron chi connectivity index (χ3n) is 3.59. The molecule has 0 aliphatic carbocycles. The molecule has 1 aliphatic rings. The summed E-state index contributed by atoms with van der Waals surface area (Å²) in [5, 5.41) is 9.80. The van der Waals surface area contributed by atoms with E-state index >= 15 is 0 Å². The van der Waals surface area contributed by atoms with Crippen LogP contribution in [0.1, 0.15) is 16.7 Å². The molecule has 0 radical (unpaired) electrons. The first-order chi connectivity index (χ1) is 9.48. The maximum Gasteiger partial charge on any atom is 0.243 e. The molecule has 0 amide bonds. The van der Waals surface area contributed by atoms with E-state index in [0.717, 1.165) is 11.1 Å². The van der Waals surface area contributed by atoms with E-state index in [1.54, 1.807) is 36.4 Å². The molecule has 20 heavy (non-hydrogen) atoms. The Hall–Kier alpha value is -1.85. The zero-order valence-electron chi connectivity index (χ0n) is 11.1. The van der Waals surface area contributed by atoms with Crippen LogP contribution in [-0.4, -0.2) is 17.8 Å². The van der Waals surface area contributed by atoms with E-state index in [1.807, 2.05) is 13.0 Å². The van der Waals surface area contributed by atoms with Gasteiger partial charge in [-0.3, -0.25) is 0 Å². The minimum Gasteiger partial charge on any atom is -0.508 e. The maximum absolute atomic E-state index is 12.6. The number of hydrogen-bond donors (Lipinski definition) is 1. The molecule has 0 bridgehead atoms. The van der Waals surface area contributed by atoms with Crippen LogP contribution in [0.2, 0.25) is 0 Å². The lowest BCUT2D eigenvalue weighted by Crippen LogP contribution is -2.25. The Kier molecular flexibility index (Phi) is 3.03. The molecule has 104 valence electrons. The van der Waals surface area contributed by atoms with Gasteiger partial charge in [0.05, 0.1) is 4.90 Å². The molecule has 1 heterocycles. The van der Waals surface area contributed by atoms with Crippen molar-refractivity contribution in [3.05, 3.63) is 59.2 Å². The third-order valence-corrected chi connectivity index (χ3v) is 5.39. The Labute approximate surface area is 118 Å². The molecule has 0 unspecified atom stereocenters. The van der Waals surface area contributed by atoms with Crippen LogP contribution >= 0.6 is 0 Å². The Morgan fingerprint density at radius 1 is 1.05 bits per heavy atom. The molecule has 1 N–H and O–H groups in total. The van der Waals surface area contributed by atoms with Gasteiger partial charge in [0, 0.05) is 18.7 Å². The highest BCUT2D eigenvalue weighted by Crippen LogP contribution is 2.33. The second-order valence-corrected chi connectivity index (χ2v) is 6.94. The van der Waals surface area contributed by atoms with Crippen molar-refractivity contribution in [3.8, 4) is 5.75 Å². The predicted octanol–water partition coefficient (Wildman–Crippen LogP) is 2.41. The van der Waals surface area contributed by atoms with Gasteiger partial charge in [0.2, 0.25) is 10.0 Å². The molecule has 0 fully saturated rings. The zero-order valence-corrected chi connectivity index (χ0v) is 11.9. The lowest BCUT2D eigenvalue weighted by Gasteiger charge is -2.15. The van der Waals surface area contributed by atoms with Crippen molar-refractivity contribution in [1.82, 2.24) is 4.31 Å². The molecule has 0 saturated carbocycles. The molecule has 4 nitrogen and oxygen atoms in total. The SMILES string of the molecule is Cc1ccc(S(=O)(=O)N2Cc3cccc(O)c3C2)cc1. The third kappa shape index (κ3) is 2.09. The second kappa shape index (κ2) is 4.61. The zero-order chi connectivity index (χ0) is 14.3. The van der Waals surface area contributed by atoms with Gasteiger partial charge in [0.25, 0.3) is 0 Å². The average molecular weight is 289 g/mol. The van der Waals surface area contributed by atoms with Crippen molar-refractivity contribution in [2.24, 2.45) is 0 Å². The smallest absolute Gasteiger partial charge is 0.243 e. The number of phenols is 1. The van der Waals surface area contributed by atoms with E-state index in [1.165, 1.54) is 4.31 Å². The number of aromatic hydroxyl groups is 1. The number of rotatable bonds is 2. The summed E-state index contributed by atoms with van der Waals surface area (Å²) < 4.78 is 26.5. The number of benzene rings is 2. The van der Waals surface area contributed by atoms with Crippen molar-refractivity contribution in [1.29, 1.82) is 0 Å². The highest BCUT2D eigenvalue weighted by atomic mass is 32.2. The fraction of sp³-hybridized carbons (Fsp3) is 0.200. The van der Waals surface area contributed by atoms with E-state index < -0.39 is 10.0 Å². The standard InChI is InChI=1S/C15H15NO3S/c1-11-5-7-13(8-6-11)20(18,19)16-9-12-3-2-4-15(17)14(12)10-16/h2-8,17H,9-10H2,1H3. The van der Waals surface area contributed by atoms with Crippen LogP contribution in [0.5, 0.6) is 5.75 Å². The van der Waals surface area contributed by atoms with Gasteiger partial charge in [0.15, 0.2) is 0 Å². The number of aryl methyl sites for hydroxylation is 1. The number of nitrogens with zero attached hydrogens (tertiary/aromatic N) is 1. The summed E-state index contributed by atoms with van der Waals surface area (Å²) in [6.07, 6.45) is 0. The molecule has 5 heteroatoms. The van der Waals surface area contributed by atoms with E-state index in [-0.39, 0.29) is 17.2 Å². The molecule has 2 aromatic carbocycles. The normalized spacial score (nSPS) is 15.2. The number of phenolic OH excluding ortho intramolecular Hbond substituents is 1. The summed E-state index contributed by atoms with van der Waals surface area (Å²) in [6.45, 7) is 2.44. The second-order valence-electron chi connectivity index (χ2n) is 5.00. The minimum absolute atomic E-state index is 0.157. The Bertz CT molecular complexity index is 751. The van der Waals surface area contributed by atoms with Crippen LogP contribution in [0.25, 0.3) is 0 Å². The van der Waals surface area contributed by atoms with E-state index in [2.05, 4.69) is 0 Å². The first-order valence-corrected chi connectivity index (χ1v) is 7.79. The van der Waals surface area contributed by atoms with Crippen molar-refractivity contribution in [3.63, 3.8) is 0 Å². The van der Waals surface area contributed by atoms with Crippen LogP contribution in [-0.2, 0) is 23.1 Å². The number of hydrogen-bond acceptors (Lipinski definition) is 3. The Balaban J connectivity index is 1.96. The highest BCUT2D eigenvalue weighted by Gasteiger charge is 2.31. The molecule has 2 aromatic rings. The van der Waals surface area contributed by atoms with Crippen molar-refractivity contribution >= 4 is 10.0 Å². The van der Waals surface area contributed by atoms with Crippen molar-refractivity contribution in [2.45, 2.75) is 24.9 Å². The maximum atomic E-state index is 12.6. The molecule has 0 saturated heterocycles. The van der Waals surface area contributed by atoms with Gasteiger partial charge in [-0.2, -0.15) is 4.31 Å². The molecule has 0 spiro atoms. The fourth-order valence-corrected chi connectivity index (χ4v) is 3.79. The quantitative estimate of drug-likeness (QED) is 0.923. The van der Waals surface area contributed by atoms with E-state index in [4.69, 9.17) is 0 Å². The van der Waals surface area contributed by atoms with Gasteiger partial charge in [-0.1, -0.05) is 29.8 Å². The van der Waals surface area contributed by atoms with Crippen molar-refractivity contribution in [2.75, 3.05) is 0 Å². The fourth-order valence-electron chi connectivity index (χ4n) is 2.40. The first-order valence-electron chi connectivity index (χ1n) is 6.35. The van der Waals surface area contributed by atoms with Gasteiger partial charge in [-0.05, 0) is 30.7 Å². The molecular formula is C15H15NO3S. The topological polar surface area (TPSA) is 57.6 Å². The van der Waals surface area contributed by atoms with Crippen molar-refractivity contribution < 1.29 is 13.5 Å². The lowest BCUT2D eigenvalue weighted by molar-refractivity contribution is 0.422.